The molecule has 0 radical (unpaired) electrons. The van der Waals surface area contributed by atoms with Crippen LogP contribution in [0.3, 0.4) is 0 Å². The van der Waals surface area contributed by atoms with Crippen molar-refractivity contribution in [1.29, 1.82) is 0 Å². The van der Waals surface area contributed by atoms with Gasteiger partial charge in [0, 0.05) is 25.6 Å². The fraction of sp³-hybridized carbons (Fsp3) is 0.367. The number of carbonyl (C=O) groups excluding carboxylic acids is 1. The molecule has 1 atom stereocenters. The van der Waals surface area contributed by atoms with E-state index in [2.05, 4.69) is 0 Å². The number of rotatable bonds is 14. The maximum Gasteiger partial charge on any atom is 0.416 e. The Labute approximate surface area is 235 Å². The van der Waals surface area contributed by atoms with Gasteiger partial charge in [-0.15, -0.1) is 0 Å². The van der Waals surface area contributed by atoms with Crippen molar-refractivity contribution in [3.63, 3.8) is 0 Å². The topological polar surface area (TPSA) is 42.0 Å². The molecule has 0 unspecified atom stereocenters. The number of amides is 1. The molecule has 11 heteroatoms. The lowest BCUT2D eigenvalue weighted by Gasteiger charge is -2.37. The van der Waals surface area contributed by atoms with Crippen molar-refractivity contribution in [3.05, 3.63) is 107 Å². The molecule has 0 aliphatic rings. The maximum atomic E-state index is 13.4. The Bertz CT molecular complexity index is 1150. The van der Waals surface area contributed by atoms with Crippen LogP contribution in [-0.2, 0) is 33.2 Å². The van der Waals surface area contributed by atoms with E-state index in [0.29, 0.717) is 31.7 Å². The molecule has 0 saturated carbocycles. The van der Waals surface area contributed by atoms with Gasteiger partial charge in [0.2, 0.25) is 6.41 Å². The van der Waals surface area contributed by atoms with Gasteiger partial charge in [-0.1, -0.05) is 60.7 Å². The Morgan fingerprint density at radius 3 is 1.78 bits per heavy atom. The minimum Gasteiger partial charge on any atom is -0.383 e. The van der Waals surface area contributed by atoms with E-state index in [9.17, 15) is 31.1 Å². The predicted molar refractivity (Wildman–Crippen MR) is 142 cm³/mol. The van der Waals surface area contributed by atoms with Crippen LogP contribution in [0.4, 0.5) is 26.3 Å². The van der Waals surface area contributed by atoms with E-state index in [-0.39, 0.29) is 30.8 Å². The predicted octanol–water partition coefficient (Wildman–Crippen LogP) is 6.44. The Balaban J connectivity index is 1.95. The summed E-state index contributed by atoms with van der Waals surface area (Å²) in [5, 5.41) is 0. The van der Waals surface area contributed by atoms with Gasteiger partial charge >= 0.3 is 12.4 Å². The first-order chi connectivity index (χ1) is 19.4. The van der Waals surface area contributed by atoms with Crippen LogP contribution >= 0.6 is 0 Å². The van der Waals surface area contributed by atoms with Gasteiger partial charge in [0.1, 0.15) is 0 Å². The number of hydrogen-bond donors (Lipinski definition) is 0. The van der Waals surface area contributed by atoms with Crippen molar-refractivity contribution in [2.24, 2.45) is 0 Å². The number of nitrogens with zero attached hydrogens (tertiary/aromatic N) is 2. The lowest BCUT2D eigenvalue weighted by Crippen LogP contribution is -2.47. The first kappa shape index (κ1) is 32.1. The summed E-state index contributed by atoms with van der Waals surface area (Å²) >= 11 is 0. The van der Waals surface area contributed by atoms with Crippen LogP contribution in [0.2, 0.25) is 0 Å². The van der Waals surface area contributed by atoms with Crippen molar-refractivity contribution in [3.8, 4) is 0 Å². The molecule has 1 amide bonds. The van der Waals surface area contributed by atoms with E-state index >= 15 is 0 Å². The van der Waals surface area contributed by atoms with Crippen LogP contribution in [0.15, 0.2) is 78.9 Å². The van der Waals surface area contributed by atoms with Gasteiger partial charge in [-0.25, -0.2) is 0 Å². The number of halogens is 6. The second-order valence-electron chi connectivity index (χ2n) is 9.60. The normalized spacial score (nSPS) is 13.0. The Morgan fingerprint density at radius 1 is 0.829 bits per heavy atom. The molecule has 0 spiro atoms. The molecule has 0 aromatic heterocycles. The third-order valence-electron chi connectivity index (χ3n) is 6.61. The molecule has 0 N–H and O–H groups in total. The summed E-state index contributed by atoms with van der Waals surface area (Å²) in [6.07, 6.45) is -9.22. The summed E-state index contributed by atoms with van der Waals surface area (Å²) in [5.74, 6) is -0.300. The molecule has 3 rings (SSSR count). The number of hydrogen-bond acceptors (Lipinski definition) is 4. The molecular weight excluding hydrogens is 550 g/mol. The monoisotopic (exact) mass is 582 g/mol. The number of likely N-dealkylation sites (N-methyl/N-ethyl adjacent to an activating group) is 1. The van der Waals surface area contributed by atoms with Gasteiger partial charge in [0.05, 0.1) is 37.6 Å². The average molecular weight is 583 g/mol. The summed E-state index contributed by atoms with van der Waals surface area (Å²) in [7, 11) is 3.30. The number of benzene rings is 3. The zero-order valence-electron chi connectivity index (χ0n) is 22.7. The highest BCUT2D eigenvalue weighted by Gasteiger charge is 2.37. The SMILES string of the molecule is COCCN(C=O)CN(C)[C@H](COCc1cc(C(F)(F)F)cc(C(F)(F)F)c1)C(c1ccccc1)c1ccccc1. The van der Waals surface area contributed by atoms with Gasteiger partial charge in [-0.3, -0.25) is 9.69 Å². The highest BCUT2D eigenvalue weighted by Crippen LogP contribution is 2.37. The summed E-state index contributed by atoms with van der Waals surface area (Å²) < 4.78 is 91.1. The highest BCUT2D eigenvalue weighted by atomic mass is 19.4. The standard InChI is InChI=1S/C30H32F6N2O3/c1-37(20-38(21-39)13-14-40-2)27(28(23-9-5-3-6-10-23)24-11-7-4-8-12-24)19-41-18-22-15-25(29(31,32)33)17-26(16-22)30(34,35)36/h3-12,15-17,21,27-28H,13-14,18-20H2,1-2H3/t27-/m1/s1. The molecule has 222 valence electrons. The lowest BCUT2D eigenvalue weighted by atomic mass is 9.84. The molecule has 0 heterocycles. The minimum atomic E-state index is -4.95. The van der Waals surface area contributed by atoms with E-state index in [1.165, 1.54) is 12.0 Å². The molecule has 0 saturated heterocycles. The molecule has 5 nitrogen and oxygen atoms in total. The number of carbonyl (C=O) groups is 1. The lowest BCUT2D eigenvalue weighted by molar-refractivity contribution is -0.143. The third kappa shape index (κ3) is 9.31. The number of ether oxygens (including phenoxy) is 2. The zero-order chi connectivity index (χ0) is 30.0. The van der Waals surface area contributed by atoms with E-state index in [1.54, 1.807) is 7.05 Å². The van der Waals surface area contributed by atoms with Gasteiger partial charge < -0.3 is 14.4 Å². The molecular formula is C30H32F6N2O3. The number of alkyl halides is 6. The Kier molecular flexibility index (Phi) is 11.3. The average Bonchev–Trinajstić information content (AvgIpc) is 2.94. The first-order valence-electron chi connectivity index (χ1n) is 12.8. The van der Waals surface area contributed by atoms with Crippen molar-refractivity contribution < 1.29 is 40.6 Å². The van der Waals surface area contributed by atoms with Gasteiger partial charge in [-0.2, -0.15) is 26.3 Å². The van der Waals surface area contributed by atoms with Crippen molar-refractivity contribution in [1.82, 2.24) is 9.80 Å². The summed E-state index contributed by atoms with van der Waals surface area (Å²) in [4.78, 5) is 15.1. The van der Waals surface area contributed by atoms with Crippen molar-refractivity contribution in [2.45, 2.75) is 30.9 Å². The second-order valence-corrected chi connectivity index (χ2v) is 9.60. The van der Waals surface area contributed by atoms with Gasteiger partial charge in [-0.05, 0) is 41.9 Å². The van der Waals surface area contributed by atoms with E-state index in [1.807, 2.05) is 65.6 Å². The van der Waals surface area contributed by atoms with E-state index in [4.69, 9.17) is 9.47 Å². The summed E-state index contributed by atoms with van der Waals surface area (Å²) in [6, 6.07) is 19.9. The maximum absolute atomic E-state index is 13.4. The van der Waals surface area contributed by atoms with Crippen LogP contribution < -0.4 is 0 Å². The smallest absolute Gasteiger partial charge is 0.383 e. The zero-order valence-corrected chi connectivity index (χ0v) is 22.7. The van der Waals surface area contributed by atoms with Crippen LogP contribution in [0.5, 0.6) is 0 Å². The Morgan fingerprint density at radius 2 is 1.34 bits per heavy atom. The second kappa shape index (κ2) is 14.5. The molecule has 3 aromatic carbocycles. The molecule has 0 fully saturated rings. The van der Waals surface area contributed by atoms with Crippen LogP contribution in [0.1, 0.15) is 33.7 Å². The number of methoxy groups -OCH3 is 1. The highest BCUT2D eigenvalue weighted by molar-refractivity contribution is 5.46. The molecule has 3 aromatic rings. The summed E-state index contributed by atoms with van der Waals surface area (Å²) in [6.45, 7) is 0.280. The van der Waals surface area contributed by atoms with Crippen molar-refractivity contribution in [2.75, 3.05) is 40.6 Å². The quantitative estimate of drug-likeness (QED) is 0.125. The van der Waals surface area contributed by atoms with Crippen LogP contribution in [-0.4, -0.2) is 62.8 Å². The van der Waals surface area contributed by atoms with Crippen LogP contribution in [0.25, 0.3) is 0 Å². The fourth-order valence-corrected chi connectivity index (χ4v) is 4.59. The molecule has 41 heavy (non-hydrogen) atoms. The van der Waals surface area contributed by atoms with Gasteiger partial charge in [0.25, 0.3) is 0 Å². The van der Waals surface area contributed by atoms with E-state index < -0.39 is 36.1 Å². The largest absolute Gasteiger partial charge is 0.416 e. The molecule has 0 aliphatic carbocycles. The fourth-order valence-electron chi connectivity index (χ4n) is 4.59. The molecule has 0 aliphatic heterocycles. The summed E-state index contributed by atoms with van der Waals surface area (Å²) in [5.41, 5.74) is -1.20. The Hall–Kier alpha value is -3.41. The third-order valence-corrected chi connectivity index (χ3v) is 6.61. The molecule has 0 bridgehead atoms. The first-order valence-corrected chi connectivity index (χ1v) is 12.8. The van der Waals surface area contributed by atoms with Crippen LogP contribution in [0, 0.1) is 0 Å². The van der Waals surface area contributed by atoms with E-state index in [0.717, 1.165) is 11.1 Å². The van der Waals surface area contributed by atoms with Gasteiger partial charge in [0.15, 0.2) is 0 Å². The minimum absolute atomic E-state index is 0.0560. The van der Waals surface area contributed by atoms with Crippen molar-refractivity contribution >= 4 is 6.41 Å².